The number of rotatable bonds is 3. The Morgan fingerprint density at radius 3 is 2.74 bits per heavy atom. The topological polar surface area (TPSA) is 77.8 Å². The molecule has 0 atom stereocenters. The maximum absolute atomic E-state index is 5.93. The second-order valence-corrected chi connectivity index (χ2v) is 5.28. The first-order valence-corrected chi connectivity index (χ1v) is 6.72. The van der Waals surface area contributed by atoms with E-state index in [0.29, 0.717) is 18.3 Å². The quantitative estimate of drug-likeness (QED) is 0.913. The molecule has 2 N–H and O–H groups in total. The number of hydrogen-bond acceptors (Lipinski definition) is 5. The summed E-state index contributed by atoms with van der Waals surface area (Å²) in [4.78, 5) is 8.94. The van der Waals surface area contributed by atoms with E-state index in [1.807, 2.05) is 25.1 Å². The molecule has 2 aromatic rings. The van der Waals surface area contributed by atoms with Gasteiger partial charge in [0.2, 0.25) is 11.7 Å². The normalized spacial score (nSPS) is 17.8. The molecular formula is C14H18N4O. The van der Waals surface area contributed by atoms with Crippen LogP contribution in [0.5, 0.6) is 0 Å². The molecule has 5 nitrogen and oxygen atoms in total. The lowest BCUT2D eigenvalue weighted by atomic mass is 9.86. The maximum atomic E-state index is 5.93. The largest absolute Gasteiger partial charge is 0.338 e. The van der Waals surface area contributed by atoms with Crippen LogP contribution >= 0.6 is 0 Å². The van der Waals surface area contributed by atoms with E-state index in [1.54, 1.807) is 0 Å². The Morgan fingerprint density at radius 2 is 2.05 bits per heavy atom. The lowest BCUT2D eigenvalue weighted by molar-refractivity contribution is 0.284. The highest BCUT2D eigenvalue weighted by Crippen LogP contribution is 2.39. The van der Waals surface area contributed by atoms with E-state index in [4.69, 9.17) is 10.3 Å². The minimum Gasteiger partial charge on any atom is -0.338 e. The van der Waals surface area contributed by atoms with Crippen LogP contribution in [0.1, 0.15) is 37.3 Å². The Balaban J connectivity index is 1.95. The van der Waals surface area contributed by atoms with Crippen molar-refractivity contribution in [1.29, 1.82) is 0 Å². The van der Waals surface area contributed by atoms with E-state index in [9.17, 15) is 0 Å². The van der Waals surface area contributed by atoms with Gasteiger partial charge in [0, 0.05) is 12.2 Å². The molecule has 0 bridgehead atoms. The first-order valence-electron chi connectivity index (χ1n) is 6.72. The molecule has 0 spiro atoms. The number of pyridine rings is 1. The van der Waals surface area contributed by atoms with Gasteiger partial charge in [0.1, 0.15) is 5.69 Å². The van der Waals surface area contributed by atoms with Crippen LogP contribution in [0.25, 0.3) is 11.5 Å². The van der Waals surface area contributed by atoms with E-state index in [2.05, 4.69) is 15.1 Å². The van der Waals surface area contributed by atoms with Gasteiger partial charge in [-0.25, -0.2) is 4.98 Å². The van der Waals surface area contributed by atoms with Gasteiger partial charge in [-0.3, -0.25) is 0 Å². The van der Waals surface area contributed by atoms with Crippen LogP contribution in [0.4, 0.5) is 0 Å². The Kier molecular flexibility index (Phi) is 3.06. The summed E-state index contributed by atoms with van der Waals surface area (Å²) < 4.78 is 5.46. The molecule has 2 aromatic heterocycles. The Bertz CT molecular complexity index is 572. The molecule has 0 radical (unpaired) electrons. The summed E-state index contributed by atoms with van der Waals surface area (Å²) in [6.45, 7) is 2.51. The molecule has 1 fully saturated rings. The van der Waals surface area contributed by atoms with Gasteiger partial charge in [-0.05, 0) is 31.9 Å². The van der Waals surface area contributed by atoms with Crippen LogP contribution in [0.15, 0.2) is 22.7 Å². The van der Waals surface area contributed by atoms with E-state index in [0.717, 1.165) is 24.2 Å². The molecular weight excluding hydrogens is 240 g/mol. The Labute approximate surface area is 112 Å². The summed E-state index contributed by atoms with van der Waals surface area (Å²) in [7, 11) is 0. The first-order chi connectivity index (χ1) is 9.23. The highest BCUT2D eigenvalue weighted by molar-refractivity contribution is 5.48. The van der Waals surface area contributed by atoms with Gasteiger partial charge in [0.05, 0.1) is 5.41 Å². The fraction of sp³-hybridized carbons (Fsp3) is 0.500. The van der Waals surface area contributed by atoms with Crippen molar-refractivity contribution in [2.75, 3.05) is 6.54 Å². The van der Waals surface area contributed by atoms with Gasteiger partial charge >= 0.3 is 0 Å². The zero-order chi connectivity index (χ0) is 13.3. The number of nitrogens with zero attached hydrogens (tertiary/aromatic N) is 3. The van der Waals surface area contributed by atoms with Gasteiger partial charge in [-0.1, -0.05) is 24.1 Å². The van der Waals surface area contributed by atoms with Crippen LogP contribution in [-0.4, -0.2) is 21.7 Å². The number of aromatic nitrogens is 3. The van der Waals surface area contributed by atoms with Crippen LogP contribution in [0, 0.1) is 6.92 Å². The zero-order valence-corrected chi connectivity index (χ0v) is 11.1. The lowest BCUT2D eigenvalue weighted by Gasteiger charge is -2.21. The van der Waals surface area contributed by atoms with Crippen molar-refractivity contribution in [2.24, 2.45) is 5.73 Å². The van der Waals surface area contributed by atoms with Crippen molar-refractivity contribution in [3.05, 3.63) is 29.8 Å². The van der Waals surface area contributed by atoms with Crippen molar-refractivity contribution in [2.45, 2.75) is 38.0 Å². The van der Waals surface area contributed by atoms with Crippen LogP contribution < -0.4 is 5.73 Å². The first kappa shape index (κ1) is 12.3. The minimum absolute atomic E-state index is 0.116. The summed E-state index contributed by atoms with van der Waals surface area (Å²) in [5.41, 5.74) is 7.51. The Morgan fingerprint density at radius 1 is 1.26 bits per heavy atom. The van der Waals surface area contributed by atoms with Gasteiger partial charge in [0.15, 0.2) is 0 Å². The maximum Gasteiger partial charge on any atom is 0.234 e. The number of aryl methyl sites for hydroxylation is 1. The van der Waals surface area contributed by atoms with E-state index >= 15 is 0 Å². The monoisotopic (exact) mass is 258 g/mol. The van der Waals surface area contributed by atoms with Crippen molar-refractivity contribution in [3.8, 4) is 11.5 Å². The molecule has 1 saturated carbocycles. The standard InChI is InChI=1S/C14H18N4O/c1-10-5-4-6-11(16-10)12-17-13(19-18-12)14(9-15)7-2-3-8-14/h4-6H,2-3,7-9,15H2,1H3. The fourth-order valence-corrected chi connectivity index (χ4v) is 2.77. The molecule has 2 heterocycles. The zero-order valence-electron chi connectivity index (χ0n) is 11.1. The number of hydrogen-bond donors (Lipinski definition) is 1. The van der Waals surface area contributed by atoms with Crippen LogP contribution in [-0.2, 0) is 5.41 Å². The molecule has 100 valence electrons. The highest BCUT2D eigenvalue weighted by Gasteiger charge is 2.39. The van der Waals surface area contributed by atoms with Crippen LogP contribution in [0.2, 0.25) is 0 Å². The lowest BCUT2D eigenvalue weighted by Crippen LogP contribution is -2.32. The summed E-state index contributed by atoms with van der Waals surface area (Å²) in [6, 6.07) is 5.79. The average molecular weight is 258 g/mol. The summed E-state index contributed by atoms with van der Waals surface area (Å²) in [6.07, 6.45) is 4.42. The molecule has 3 rings (SSSR count). The molecule has 1 aliphatic rings. The Hall–Kier alpha value is -1.75. The third kappa shape index (κ3) is 2.14. The SMILES string of the molecule is Cc1cccc(-c2noc(C3(CN)CCCC3)n2)n1. The molecule has 19 heavy (non-hydrogen) atoms. The molecule has 0 unspecified atom stereocenters. The highest BCUT2D eigenvalue weighted by atomic mass is 16.5. The third-order valence-corrected chi connectivity index (χ3v) is 3.95. The predicted molar refractivity (Wildman–Crippen MR) is 71.5 cm³/mol. The van der Waals surface area contributed by atoms with E-state index in [-0.39, 0.29) is 5.41 Å². The average Bonchev–Trinajstić information content (AvgIpc) is 3.08. The third-order valence-electron chi connectivity index (χ3n) is 3.95. The van der Waals surface area contributed by atoms with Gasteiger partial charge in [-0.2, -0.15) is 4.98 Å². The van der Waals surface area contributed by atoms with E-state index in [1.165, 1.54) is 12.8 Å². The molecule has 5 heteroatoms. The molecule has 1 aliphatic carbocycles. The minimum atomic E-state index is -0.116. The molecule has 0 aromatic carbocycles. The van der Waals surface area contributed by atoms with Crippen molar-refractivity contribution in [3.63, 3.8) is 0 Å². The smallest absolute Gasteiger partial charge is 0.234 e. The van der Waals surface area contributed by atoms with Gasteiger partial charge in [-0.15, -0.1) is 0 Å². The predicted octanol–water partition coefficient (Wildman–Crippen LogP) is 2.21. The van der Waals surface area contributed by atoms with E-state index < -0.39 is 0 Å². The summed E-state index contributed by atoms with van der Waals surface area (Å²) >= 11 is 0. The van der Waals surface area contributed by atoms with Crippen LogP contribution in [0.3, 0.4) is 0 Å². The molecule has 0 aliphatic heterocycles. The fourth-order valence-electron chi connectivity index (χ4n) is 2.77. The second-order valence-electron chi connectivity index (χ2n) is 5.28. The van der Waals surface area contributed by atoms with Crippen molar-refractivity contribution in [1.82, 2.24) is 15.1 Å². The summed E-state index contributed by atoms with van der Waals surface area (Å²) in [5.74, 6) is 1.23. The van der Waals surface area contributed by atoms with Gasteiger partial charge < -0.3 is 10.3 Å². The summed E-state index contributed by atoms with van der Waals surface area (Å²) in [5, 5.41) is 4.06. The second kappa shape index (κ2) is 4.74. The molecule has 0 saturated heterocycles. The van der Waals surface area contributed by atoms with Gasteiger partial charge in [0.25, 0.3) is 0 Å². The molecule has 0 amide bonds. The van der Waals surface area contributed by atoms with Crippen molar-refractivity contribution < 1.29 is 4.52 Å². The van der Waals surface area contributed by atoms with Crippen molar-refractivity contribution >= 4 is 0 Å². The number of nitrogens with two attached hydrogens (primary N) is 1.